The van der Waals surface area contributed by atoms with Gasteiger partial charge in [0.1, 0.15) is 0 Å². The SMILES string of the molecule is CNc1nc(Cl)nc(N2CCCC3C(=O)NCC32)n1. The predicted molar refractivity (Wildman–Crippen MR) is 71.3 cm³/mol. The first-order valence-electron chi connectivity index (χ1n) is 6.32. The molecule has 1 aromatic heterocycles. The molecule has 19 heavy (non-hydrogen) atoms. The summed E-state index contributed by atoms with van der Waals surface area (Å²) in [4.78, 5) is 26.3. The standard InChI is InChI=1S/C11H15ClN6O/c1-13-10-15-9(12)16-11(17-10)18-4-2-3-6-7(18)5-14-8(6)19/h6-7H,2-5H2,1H3,(H,14,19)(H,13,15,16,17). The lowest BCUT2D eigenvalue weighted by molar-refractivity contribution is -0.122. The lowest BCUT2D eigenvalue weighted by Crippen LogP contribution is -2.46. The van der Waals surface area contributed by atoms with Gasteiger partial charge in [-0.3, -0.25) is 4.79 Å². The van der Waals surface area contributed by atoms with Crippen LogP contribution in [0.5, 0.6) is 0 Å². The van der Waals surface area contributed by atoms with Crippen LogP contribution in [-0.4, -0.2) is 47.0 Å². The van der Waals surface area contributed by atoms with Crippen molar-refractivity contribution in [3.8, 4) is 0 Å². The first-order valence-corrected chi connectivity index (χ1v) is 6.70. The van der Waals surface area contributed by atoms with Crippen LogP contribution in [0.2, 0.25) is 5.28 Å². The molecule has 3 heterocycles. The van der Waals surface area contributed by atoms with Gasteiger partial charge in [0.05, 0.1) is 12.0 Å². The third-order valence-electron chi connectivity index (χ3n) is 3.68. The number of nitrogens with zero attached hydrogens (tertiary/aromatic N) is 4. The summed E-state index contributed by atoms with van der Waals surface area (Å²) in [5.41, 5.74) is 0. The van der Waals surface area contributed by atoms with Gasteiger partial charge in [-0.2, -0.15) is 15.0 Å². The van der Waals surface area contributed by atoms with Crippen molar-refractivity contribution < 1.29 is 4.79 Å². The normalized spacial score (nSPS) is 26.0. The molecule has 0 spiro atoms. The summed E-state index contributed by atoms with van der Waals surface area (Å²) in [6, 6.07) is 0.115. The van der Waals surface area contributed by atoms with Crippen molar-refractivity contribution in [1.29, 1.82) is 0 Å². The zero-order valence-electron chi connectivity index (χ0n) is 10.6. The maximum Gasteiger partial charge on any atom is 0.231 e. The second-order valence-electron chi connectivity index (χ2n) is 4.73. The molecule has 1 aromatic rings. The van der Waals surface area contributed by atoms with Crippen LogP contribution in [-0.2, 0) is 4.79 Å². The number of nitrogens with one attached hydrogen (secondary N) is 2. The Balaban J connectivity index is 1.92. The fourth-order valence-electron chi connectivity index (χ4n) is 2.78. The molecule has 2 fully saturated rings. The lowest BCUT2D eigenvalue weighted by Gasteiger charge is -2.35. The first-order chi connectivity index (χ1) is 9.19. The number of carbonyl (C=O) groups excluding carboxylic acids is 1. The predicted octanol–water partition coefficient (Wildman–Crippen LogP) is 0.281. The maximum absolute atomic E-state index is 11.7. The molecule has 2 N–H and O–H groups in total. The summed E-state index contributed by atoms with van der Waals surface area (Å²) >= 11 is 5.91. The fourth-order valence-corrected chi connectivity index (χ4v) is 2.94. The number of fused-ring (bicyclic) bond motifs is 1. The molecule has 0 bridgehead atoms. The molecule has 7 nitrogen and oxygen atoms in total. The van der Waals surface area contributed by atoms with E-state index in [0.717, 1.165) is 19.4 Å². The van der Waals surface area contributed by atoms with E-state index < -0.39 is 0 Å². The summed E-state index contributed by atoms with van der Waals surface area (Å²) in [6.45, 7) is 1.47. The lowest BCUT2D eigenvalue weighted by atomic mass is 9.92. The molecule has 0 aromatic carbocycles. The van der Waals surface area contributed by atoms with E-state index in [1.54, 1.807) is 7.05 Å². The second kappa shape index (κ2) is 4.80. The number of rotatable bonds is 2. The highest BCUT2D eigenvalue weighted by molar-refractivity contribution is 6.28. The van der Waals surface area contributed by atoms with Crippen molar-refractivity contribution in [2.75, 3.05) is 30.4 Å². The molecule has 0 aliphatic carbocycles. The molecular weight excluding hydrogens is 268 g/mol. The Kier molecular flexibility index (Phi) is 3.14. The van der Waals surface area contributed by atoms with Gasteiger partial charge in [-0.05, 0) is 24.4 Å². The summed E-state index contributed by atoms with van der Waals surface area (Å²) < 4.78 is 0. The van der Waals surface area contributed by atoms with Crippen LogP contribution in [0.4, 0.5) is 11.9 Å². The van der Waals surface area contributed by atoms with Gasteiger partial charge in [0.15, 0.2) is 0 Å². The number of aromatic nitrogens is 3. The van der Waals surface area contributed by atoms with Crippen LogP contribution in [0.1, 0.15) is 12.8 Å². The van der Waals surface area contributed by atoms with E-state index in [1.807, 2.05) is 0 Å². The molecule has 1 amide bonds. The minimum Gasteiger partial charge on any atom is -0.357 e. The highest BCUT2D eigenvalue weighted by Gasteiger charge is 2.41. The minimum atomic E-state index is 0.0299. The van der Waals surface area contributed by atoms with Crippen molar-refractivity contribution in [3.63, 3.8) is 0 Å². The Hall–Kier alpha value is -1.63. The Morgan fingerprint density at radius 1 is 1.42 bits per heavy atom. The van der Waals surface area contributed by atoms with Gasteiger partial charge in [-0.15, -0.1) is 0 Å². The van der Waals surface area contributed by atoms with Crippen LogP contribution < -0.4 is 15.5 Å². The van der Waals surface area contributed by atoms with Crippen molar-refractivity contribution >= 4 is 29.4 Å². The fraction of sp³-hybridized carbons (Fsp3) is 0.636. The second-order valence-corrected chi connectivity index (χ2v) is 5.07. The highest BCUT2D eigenvalue weighted by Crippen LogP contribution is 2.30. The average molecular weight is 283 g/mol. The molecule has 2 saturated heterocycles. The van der Waals surface area contributed by atoms with E-state index >= 15 is 0 Å². The number of amides is 1. The van der Waals surface area contributed by atoms with Gasteiger partial charge in [0.25, 0.3) is 0 Å². The topological polar surface area (TPSA) is 83.0 Å². The van der Waals surface area contributed by atoms with E-state index in [1.165, 1.54) is 0 Å². The molecule has 0 radical (unpaired) electrons. The van der Waals surface area contributed by atoms with Crippen LogP contribution in [0.3, 0.4) is 0 Å². The number of piperidine rings is 1. The Morgan fingerprint density at radius 2 is 2.26 bits per heavy atom. The third-order valence-corrected chi connectivity index (χ3v) is 3.85. The Labute approximate surface area is 115 Å². The molecular formula is C11H15ClN6O. The van der Waals surface area contributed by atoms with E-state index in [0.29, 0.717) is 18.4 Å². The molecule has 0 saturated carbocycles. The quantitative estimate of drug-likeness (QED) is 0.811. The monoisotopic (exact) mass is 282 g/mol. The van der Waals surface area contributed by atoms with E-state index in [4.69, 9.17) is 11.6 Å². The molecule has 2 unspecified atom stereocenters. The first kappa shape index (κ1) is 12.4. The van der Waals surface area contributed by atoms with Crippen molar-refractivity contribution in [1.82, 2.24) is 20.3 Å². The maximum atomic E-state index is 11.7. The van der Waals surface area contributed by atoms with Crippen molar-refractivity contribution in [2.24, 2.45) is 5.92 Å². The van der Waals surface area contributed by atoms with Gasteiger partial charge in [-0.1, -0.05) is 0 Å². The molecule has 2 aliphatic rings. The van der Waals surface area contributed by atoms with Crippen LogP contribution in [0, 0.1) is 5.92 Å². The number of hydrogen-bond donors (Lipinski definition) is 2. The van der Waals surface area contributed by atoms with Crippen LogP contribution >= 0.6 is 11.6 Å². The number of halogens is 1. The van der Waals surface area contributed by atoms with Crippen LogP contribution in [0.15, 0.2) is 0 Å². The minimum absolute atomic E-state index is 0.0299. The molecule has 3 rings (SSSR count). The Bertz CT molecular complexity index is 510. The van der Waals surface area contributed by atoms with Gasteiger partial charge >= 0.3 is 0 Å². The molecule has 2 atom stereocenters. The van der Waals surface area contributed by atoms with E-state index in [-0.39, 0.29) is 23.2 Å². The van der Waals surface area contributed by atoms with Gasteiger partial charge in [-0.25, -0.2) is 0 Å². The molecule has 102 valence electrons. The van der Waals surface area contributed by atoms with E-state index in [2.05, 4.69) is 30.5 Å². The third kappa shape index (κ3) is 2.18. The summed E-state index contributed by atoms with van der Waals surface area (Å²) in [6.07, 6.45) is 1.87. The zero-order chi connectivity index (χ0) is 13.4. The van der Waals surface area contributed by atoms with Gasteiger partial charge in [0.2, 0.25) is 23.1 Å². The van der Waals surface area contributed by atoms with E-state index in [9.17, 15) is 4.79 Å². The Morgan fingerprint density at radius 3 is 3.05 bits per heavy atom. The summed E-state index contributed by atoms with van der Waals surface area (Å²) in [7, 11) is 1.73. The number of hydrogen-bond acceptors (Lipinski definition) is 6. The van der Waals surface area contributed by atoms with Crippen molar-refractivity contribution in [2.45, 2.75) is 18.9 Å². The van der Waals surface area contributed by atoms with Gasteiger partial charge < -0.3 is 15.5 Å². The number of anilines is 2. The highest BCUT2D eigenvalue weighted by atomic mass is 35.5. The smallest absolute Gasteiger partial charge is 0.231 e. The molecule has 2 aliphatic heterocycles. The number of carbonyl (C=O) groups is 1. The van der Waals surface area contributed by atoms with Gasteiger partial charge in [0, 0.05) is 20.1 Å². The average Bonchev–Trinajstić information content (AvgIpc) is 2.80. The molecule has 8 heteroatoms. The summed E-state index contributed by atoms with van der Waals surface area (Å²) in [5.74, 6) is 1.14. The van der Waals surface area contributed by atoms with Crippen LogP contribution in [0.25, 0.3) is 0 Å². The zero-order valence-corrected chi connectivity index (χ0v) is 11.3. The summed E-state index contributed by atoms with van der Waals surface area (Å²) in [5, 5.41) is 5.92. The van der Waals surface area contributed by atoms with Crippen molar-refractivity contribution in [3.05, 3.63) is 5.28 Å². The largest absolute Gasteiger partial charge is 0.357 e.